The van der Waals surface area contributed by atoms with Crippen molar-refractivity contribution in [1.82, 2.24) is 14.6 Å². The second kappa shape index (κ2) is 3.08. The fourth-order valence-corrected chi connectivity index (χ4v) is 2.15. The van der Waals surface area contributed by atoms with Gasteiger partial charge in [-0.05, 0) is 6.42 Å². The van der Waals surface area contributed by atoms with Gasteiger partial charge in [0.25, 0.3) is 5.91 Å². The predicted octanol–water partition coefficient (Wildman–Crippen LogP) is 0.450. The number of carbonyl (C=O) groups is 1. The fourth-order valence-electron chi connectivity index (χ4n) is 1.88. The highest BCUT2D eigenvalue weighted by Crippen LogP contribution is 2.29. The van der Waals surface area contributed by atoms with Gasteiger partial charge < -0.3 is 11.1 Å². The molecule has 1 amide bonds. The van der Waals surface area contributed by atoms with Crippen molar-refractivity contribution in [3.8, 4) is 0 Å². The molecule has 3 N–H and O–H groups in total. The Kier molecular flexibility index (Phi) is 1.81. The van der Waals surface area contributed by atoms with Crippen LogP contribution in [0.15, 0.2) is 6.20 Å². The van der Waals surface area contributed by atoms with E-state index in [1.807, 2.05) is 0 Å². The SMILES string of the molecule is NC(=O)c1cnn2c3c(c(Cl)nc12)CCN3. The van der Waals surface area contributed by atoms with E-state index in [1.54, 1.807) is 4.52 Å². The number of amides is 1. The molecule has 0 saturated heterocycles. The number of fused-ring (bicyclic) bond motifs is 3. The maximum absolute atomic E-state index is 11.2. The van der Waals surface area contributed by atoms with Crippen molar-refractivity contribution in [2.45, 2.75) is 6.42 Å². The van der Waals surface area contributed by atoms with Gasteiger partial charge in [0.2, 0.25) is 0 Å². The summed E-state index contributed by atoms with van der Waals surface area (Å²) in [6.07, 6.45) is 2.21. The largest absolute Gasteiger partial charge is 0.369 e. The van der Waals surface area contributed by atoms with Gasteiger partial charge in [-0.25, -0.2) is 4.98 Å². The van der Waals surface area contributed by atoms with Gasteiger partial charge in [-0.2, -0.15) is 9.61 Å². The molecule has 0 fully saturated rings. The lowest BCUT2D eigenvalue weighted by molar-refractivity contribution is 0.100. The minimum absolute atomic E-state index is 0.276. The molecule has 82 valence electrons. The number of carbonyl (C=O) groups excluding carboxylic acids is 1. The molecule has 0 saturated carbocycles. The Morgan fingerprint density at radius 2 is 2.44 bits per heavy atom. The number of nitrogens with one attached hydrogen (secondary N) is 1. The summed E-state index contributed by atoms with van der Waals surface area (Å²) in [5.74, 6) is 0.235. The number of anilines is 1. The average Bonchev–Trinajstić information content (AvgIpc) is 2.80. The third kappa shape index (κ3) is 1.10. The number of rotatable bonds is 1. The molecule has 2 aromatic heterocycles. The summed E-state index contributed by atoms with van der Waals surface area (Å²) in [5, 5.41) is 7.64. The number of nitrogens with two attached hydrogens (primary N) is 1. The molecule has 7 heteroatoms. The molecule has 0 unspecified atom stereocenters. The van der Waals surface area contributed by atoms with Crippen LogP contribution in [0, 0.1) is 0 Å². The topological polar surface area (TPSA) is 85.3 Å². The average molecular weight is 238 g/mol. The molecule has 16 heavy (non-hydrogen) atoms. The summed E-state index contributed by atoms with van der Waals surface area (Å²) in [5.41, 5.74) is 6.82. The number of hydrogen-bond donors (Lipinski definition) is 2. The van der Waals surface area contributed by atoms with Gasteiger partial charge in [0.15, 0.2) is 5.65 Å². The zero-order chi connectivity index (χ0) is 11.3. The van der Waals surface area contributed by atoms with Gasteiger partial charge in [0.1, 0.15) is 16.5 Å². The highest BCUT2D eigenvalue weighted by molar-refractivity contribution is 6.30. The molecule has 1 aliphatic rings. The van der Waals surface area contributed by atoms with E-state index in [0.717, 1.165) is 24.3 Å². The molecule has 0 atom stereocenters. The van der Waals surface area contributed by atoms with Crippen molar-refractivity contribution >= 4 is 29.0 Å². The Morgan fingerprint density at radius 1 is 1.62 bits per heavy atom. The lowest BCUT2D eigenvalue weighted by Crippen LogP contribution is -2.11. The van der Waals surface area contributed by atoms with E-state index in [0.29, 0.717) is 10.8 Å². The summed E-state index contributed by atoms with van der Waals surface area (Å²) < 4.78 is 1.56. The first-order valence-corrected chi connectivity index (χ1v) is 5.16. The summed E-state index contributed by atoms with van der Waals surface area (Å²) in [6, 6.07) is 0. The third-order valence-electron chi connectivity index (χ3n) is 2.63. The monoisotopic (exact) mass is 237 g/mol. The number of primary amides is 1. The summed E-state index contributed by atoms with van der Waals surface area (Å²) in [7, 11) is 0. The first-order valence-electron chi connectivity index (χ1n) is 4.78. The normalized spacial score (nSPS) is 13.8. The van der Waals surface area contributed by atoms with E-state index in [1.165, 1.54) is 6.20 Å². The standard InChI is InChI=1S/C9H8ClN5O/c10-6-4-1-2-12-8(4)15-9(14-6)5(3-13-15)7(11)16/h3,12H,1-2H2,(H2,11,16). The maximum atomic E-state index is 11.2. The van der Waals surface area contributed by atoms with Crippen molar-refractivity contribution in [3.63, 3.8) is 0 Å². The van der Waals surface area contributed by atoms with E-state index < -0.39 is 5.91 Å². The number of hydrogen-bond acceptors (Lipinski definition) is 4. The quantitative estimate of drug-likeness (QED) is 0.706. The minimum Gasteiger partial charge on any atom is -0.369 e. The van der Waals surface area contributed by atoms with Crippen LogP contribution in [0.4, 0.5) is 5.82 Å². The second-order valence-electron chi connectivity index (χ2n) is 3.56. The number of halogens is 1. The van der Waals surface area contributed by atoms with Crippen LogP contribution in [0.3, 0.4) is 0 Å². The first-order chi connectivity index (χ1) is 7.68. The Bertz CT molecular complexity index is 605. The minimum atomic E-state index is -0.559. The molecule has 6 nitrogen and oxygen atoms in total. The van der Waals surface area contributed by atoms with E-state index in [9.17, 15) is 4.79 Å². The molecule has 0 aromatic carbocycles. The zero-order valence-electron chi connectivity index (χ0n) is 8.20. The Morgan fingerprint density at radius 3 is 3.19 bits per heavy atom. The van der Waals surface area contributed by atoms with E-state index in [4.69, 9.17) is 17.3 Å². The summed E-state index contributed by atoms with van der Waals surface area (Å²) in [6.45, 7) is 0.793. The Balaban J connectivity index is 2.40. The Hall–Kier alpha value is -1.82. The van der Waals surface area contributed by atoms with Crippen LogP contribution in [0.2, 0.25) is 5.15 Å². The molecule has 0 spiro atoms. The van der Waals surface area contributed by atoms with Crippen LogP contribution in [-0.4, -0.2) is 27.0 Å². The smallest absolute Gasteiger partial charge is 0.254 e. The highest BCUT2D eigenvalue weighted by Gasteiger charge is 2.22. The lowest BCUT2D eigenvalue weighted by Gasteiger charge is -2.04. The summed E-state index contributed by atoms with van der Waals surface area (Å²) in [4.78, 5) is 15.3. The predicted molar refractivity (Wildman–Crippen MR) is 58.7 cm³/mol. The van der Waals surface area contributed by atoms with Gasteiger partial charge >= 0.3 is 0 Å². The molecule has 0 aliphatic carbocycles. The highest BCUT2D eigenvalue weighted by atomic mass is 35.5. The third-order valence-corrected chi connectivity index (χ3v) is 2.94. The van der Waals surface area contributed by atoms with Crippen LogP contribution in [-0.2, 0) is 6.42 Å². The molecule has 2 aromatic rings. The van der Waals surface area contributed by atoms with Crippen molar-refractivity contribution in [3.05, 3.63) is 22.5 Å². The zero-order valence-corrected chi connectivity index (χ0v) is 8.95. The molecule has 3 heterocycles. The van der Waals surface area contributed by atoms with Gasteiger partial charge in [-0.15, -0.1) is 0 Å². The van der Waals surface area contributed by atoms with Crippen LogP contribution in [0.25, 0.3) is 5.65 Å². The van der Waals surface area contributed by atoms with E-state index in [2.05, 4.69) is 15.4 Å². The van der Waals surface area contributed by atoms with Crippen molar-refractivity contribution < 1.29 is 4.79 Å². The molecule has 0 bridgehead atoms. The molecular weight excluding hydrogens is 230 g/mol. The fraction of sp³-hybridized carbons (Fsp3) is 0.222. The van der Waals surface area contributed by atoms with Gasteiger partial charge in [0, 0.05) is 12.1 Å². The van der Waals surface area contributed by atoms with Gasteiger partial charge in [-0.3, -0.25) is 4.79 Å². The van der Waals surface area contributed by atoms with Crippen molar-refractivity contribution in [1.29, 1.82) is 0 Å². The second-order valence-corrected chi connectivity index (χ2v) is 3.92. The molecule has 3 rings (SSSR count). The van der Waals surface area contributed by atoms with E-state index in [-0.39, 0.29) is 5.56 Å². The number of nitrogens with zero attached hydrogens (tertiary/aromatic N) is 3. The van der Waals surface area contributed by atoms with Crippen LogP contribution >= 0.6 is 11.6 Å². The first kappa shape index (κ1) is 9.41. The molecule has 0 radical (unpaired) electrons. The maximum Gasteiger partial charge on any atom is 0.254 e. The van der Waals surface area contributed by atoms with Crippen LogP contribution < -0.4 is 11.1 Å². The molecular formula is C9H8ClN5O. The van der Waals surface area contributed by atoms with Crippen molar-refractivity contribution in [2.24, 2.45) is 5.73 Å². The Labute approximate surface area is 95.4 Å². The summed E-state index contributed by atoms with van der Waals surface area (Å²) >= 11 is 6.04. The molecule has 1 aliphatic heterocycles. The van der Waals surface area contributed by atoms with Crippen molar-refractivity contribution in [2.75, 3.05) is 11.9 Å². The number of aromatic nitrogens is 3. The lowest BCUT2D eigenvalue weighted by atomic mass is 10.2. The van der Waals surface area contributed by atoms with Crippen LogP contribution in [0.5, 0.6) is 0 Å². The van der Waals surface area contributed by atoms with E-state index >= 15 is 0 Å². The van der Waals surface area contributed by atoms with Crippen LogP contribution in [0.1, 0.15) is 15.9 Å². The van der Waals surface area contributed by atoms with Gasteiger partial charge in [-0.1, -0.05) is 11.6 Å². The van der Waals surface area contributed by atoms with Gasteiger partial charge in [0.05, 0.1) is 6.20 Å².